The van der Waals surface area contributed by atoms with E-state index in [1.165, 1.54) is 0 Å². The molecule has 0 saturated heterocycles. The van der Waals surface area contributed by atoms with Crippen LogP contribution in [0.15, 0.2) is 0 Å². The minimum Gasteiger partial charge on any atom is -0.338 e. The number of nitrogens with two attached hydrogens (primary N) is 1. The molecule has 0 aliphatic carbocycles. The molecule has 0 aromatic carbocycles. The molecular formula is C9H21N3O. The molecule has 0 rings (SSSR count). The Morgan fingerprint density at radius 2 is 2.08 bits per heavy atom. The Labute approximate surface area is 80.3 Å². The van der Waals surface area contributed by atoms with Crippen molar-refractivity contribution in [3.05, 3.63) is 0 Å². The van der Waals surface area contributed by atoms with Crippen molar-refractivity contribution in [1.29, 1.82) is 0 Å². The van der Waals surface area contributed by atoms with E-state index in [2.05, 4.69) is 24.5 Å². The van der Waals surface area contributed by atoms with Gasteiger partial charge in [-0.25, -0.2) is 4.79 Å². The maximum absolute atomic E-state index is 11.2. The van der Waals surface area contributed by atoms with Gasteiger partial charge in [0.15, 0.2) is 0 Å². The summed E-state index contributed by atoms with van der Waals surface area (Å²) in [6, 6.07) is 0.0752. The molecule has 1 unspecified atom stereocenters. The summed E-state index contributed by atoms with van der Waals surface area (Å²) in [4.78, 5) is 11.2. The maximum Gasteiger partial charge on any atom is 0.315 e. The van der Waals surface area contributed by atoms with Crippen LogP contribution >= 0.6 is 0 Å². The van der Waals surface area contributed by atoms with Gasteiger partial charge in [-0.2, -0.15) is 0 Å². The average Bonchev–Trinajstić information content (AvgIpc) is 2.04. The van der Waals surface area contributed by atoms with E-state index in [0.717, 1.165) is 6.42 Å². The number of hydrogen-bond acceptors (Lipinski definition) is 2. The molecular weight excluding hydrogens is 166 g/mol. The number of nitrogens with one attached hydrogen (secondary N) is 2. The lowest BCUT2D eigenvalue weighted by atomic mass is 10.0. The monoisotopic (exact) mass is 187 g/mol. The van der Waals surface area contributed by atoms with Crippen molar-refractivity contribution in [3.63, 3.8) is 0 Å². The molecule has 13 heavy (non-hydrogen) atoms. The van der Waals surface area contributed by atoms with Gasteiger partial charge < -0.3 is 16.4 Å². The largest absolute Gasteiger partial charge is 0.338 e. The molecule has 0 aromatic rings. The predicted octanol–water partition coefficient (Wildman–Crippen LogP) is 0.679. The van der Waals surface area contributed by atoms with Crippen LogP contribution in [-0.2, 0) is 0 Å². The summed E-state index contributed by atoms with van der Waals surface area (Å²) in [6.07, 6.45) is 0.828. The molecule has 0 aromatic heterocycles. The zero-order valence-electron chi connectivity index (χ0n) is 8.76. The number of hydrogen-bond donors (Lipinski definition) is 3. The third-order valence-corrected chi connectivity index (χ3v) is 1.94. The Kier molecular flexibility index (Phi) is 6.32. The lowest BCUT2D eigenvalue weighted by molar-refractivity contribution is 0.232. The van der Waals surface area contributed by atoms with Crippen LogP contribution in [0.5, 0.6) is 0 Å². The predicted molar refractivity (Wildman–Crippen MR) is 54.5 cm³/mol. The Hall–Kier alpha value is -0.770. The molecule has 0 aliphatic rings. The van der Waals surface area contributed by atoms with E-state index in [4.69, 9.17) is 5.73 Å². The van der Waals surface area contributed by atoms with E-state index < -0.39 is 0 Å². The zero-order chi connectivity index (χ0) is 10.3. The van der Waals surface area contributed by atoms with Gasteiger partial charge >= 0.3 is 6.03 Å². The summed E-state index contributed by atoms with van der Waals surface area (Å²) in [5.41, 5.74) is 5.45. The number of carbonyl (C=O) groups is 1. The van der Waals surface area contributed by atoms with Crippen molar-refractivity contribution in [2.45, 2.75) is 33.2 Å². The van der Waals surface area contributed by atoms with Crippen LogP contribution in [0, 0.1) is 5.92 Å². The molecule has 1 atom stereocenters. The van der Waals surface area contributed by atoms with E-state index in [1.807, 2.05) is 6.92 Å². The summed E-state index contributed by atoms with van der Waals surface area (Å²) in [5.74, 6) is 0.422. The summed E-state index contributed by atoms with van der Waals surface area (Å²) < 4.78 is 0. The van der Waals surface area contributed by atoms with Gasteiger partial charge in [0.1, 0.15) is 0 Å². The number of amides is 2. The van der Waals surface area contributed by atoms with Crippen LogP contribution < -0.4 is 16.4 Å². The SMILES string of the molecule is CCNC(=O)NC(CCN)C(C)C. The standard InChI is InChI=1S/C9H21N3O/c1-4-11-9(13)12-8(5-6-10)7(2)3/h7-8H,4-6,10H2,1-3H3,(H2,11,12,13). The van der Waals surface area contributed by atoms with Crippen molar-refractivity contribution >= 4 is 6.03 Å². The van der Waals surface area contributed by atoms with Crippen LogP contribution in [0.1, 0.15) is 27.2 Å². The van der Waals surface area contributed by atoms with Gasteiger partial charge in [0.25, 0.3) is 0 Å². The highest BCUT2D eigenvalue weighted by Crippen LogP contribution is 2.04. The second-order valence-corrected chi connectivity index (χ2v) is 3.43. The Balaban J connectivity index is 3.86. The first-order valence-electron chi connectivity index (χ1n) is 4.86. The normalized spacial score (nSPS) is 12.7. The van der Waals surface area contributed by atoms with E-state index in [0.29, 0.717) is 19.0 Å². The van der Waals surface area contributed by atoms with E-state index in [-0.39, 0.29) is 12.1 Å². The fraction of sp³-hybridized carbons (Fsp3) is 0.889. The number of rotatable bonds is 5. The summed E-state index contributed by atoms with van der Waals surface area (Å²) in [6.45, 7) is 7.31. The smallest absolute Gasteiger partial charge is 0.315 e. The minimum atomic E-state index is -0.102. The molecule has 4 heteroatoms. The topological polar surface area (TPSA) is 67.2 Å². The van der Waals surface area contributed by atoms with Gasteiger partial charge in [0, 0.05) is 12.6 Å². The Morgan fingerprint density at radius 1 is 1.46 bits per heavy atom. The van der Waals surface area contributed by atoms with Crippen molar-refractivity contribution in [2.24, 2.45) is 11.7 Å². The molecule has 0 heterocycles. The van der Waals surface area contributed by atoms with Crippen LogP contribution in [0.25, 0.3) is 0 Å². The highest BCUT2D eigenvalue weighted by atomic mass is 16.2. The fourth-order valence-electron chi connectivity index (χ4n) is 1.13. The van der Waals surface area contributed by atoms with Gasteiger partial charge in [-0.1, -0.05) is 13.8 Å². The Morgan fingerprint density at radius 3 is 2.46 bits per heavy atom. The molecule has 2 amide bonds. The van der Waals surface area contributed by atoms with Crippen LogP contribution in [0.4, 0.5) is 4.79 Å². The number of urea groups is 1. The quantitative estimate of drug-likeness (QED) is 0.592. The summed E-state index contributed by atoms with van der Waals surface area (Å²) in [5, 5.41) is 5.59. The first-order valence-corrected chi connectivity index (χ1v) is 4.86. The molecule has 4 nitrogen and oxygen atoms in total. The van der Waals surface area contributed by atoms with Gasteiger partial charge in [-0.05, 0) is 25.8 Å². The van der Waals surface area contributed by atoms with Crippen molar-refractivity contribution in [2.75, 3.05) is 13.1 Å². The second kappa shape index (κ2) is 6.71. The number of carbonyl (C=O) groups excluding carboxylic acids is 1. The fourth-order valence-corrected chi connectivity index (χ4v) is 1.13. The highest BCUT2D eigenvalue weighted by Gasteiger charge is 2.14. The molecule has 0 saturated carbocycles. The van der Waals surface area contributed by atoms with Crippen LogP contribution in [0.3, 0.4) is 0 Å². The van der Waals surface area contributed by atoms with Gasteiger partial charge in [-0.3, -0.25) is 0 Å². The molecule has 0 spiro atoms. The van der Waals surface area contributed by atoms with Gasteiger partial charge in [-0.15, -0.1) is 0 Å². The van der Waals surface area contributed by atoms with Gasteiger partial charge in [0.2, 0.25) is 0 Å². The maximum atomic E-state index is 11.2. The third-order valence-electron chi connectivity index (χ3n) is 1.94. The summed E-state index contributed by atoms with van der Waals surface area (Å²) in [7, 11) is 0. The second-order valence-electron chi connectivity index (χ2n) is 3.43. The van der Waals surface area contributed by atoms with Crippen molar-refractivity contribution in [3.8, 4) is 0 Å². The molecule has 0 aliphatic heterocycles. The lowest BCUT2D eigenvalue weighted by Gasteiger charge is -2.21. The van der Waals surface area contributed by atoms with Crippen molar-refractivity contribution < 1.29 is 4.79 Å². The lowest BCUT2D eigenvalue weighted by Crippen LogP contribution is -2.45. The van der Waals surface area contributed by atoms with Crippen LogP contribution in [0.2, 0.25) is 0 Å². The van der Waals surface area contributed by atoms with E-state index in [1.54, 1.807) is 0 Å². The zero-order valence-corrected chi connectivity index (χ0v) is 8.76. The first-order chi connectivity index (χ1) is 6.11. The molecule has 78 valence electrons. The van der Waals surface area contributed by atoms with E-state index in [9.17, 15) is 4.79 Å². The minimum absolute atomic E-state index is 0.102. The highest BCUT2D eigenvalue weighted by molar-refractivity contribution is 5.74. The summed E-state index contributed by atoms with van der Waals surface area (Å²) >= 11 is 0. The third kappa shape index (κ3) is 5.47. The first kappa shape index (κ1) is 12.2. The van der Waals surface area contributed by atoms with Crippen LogP contribution in [-0.4, -0.2) is 25.2 Å². The van der Waals surface area contributed by atoms with E-state index >= 15 is 0 Å². The molecule has 0 bridgehead atoms. The van der Waals surface area contributed by atoms with Crippen molar-refractivity contribution in [1.82, 2.24) is 10.6 Å². The average molecular weight is 187 g/mol. The molecule has 0 radical (unpaired) electrons. The van der Waals surface area contributed by atoms with Gasteiger partial charge in [0.05, 0.1) is 0 Å². The molecule has 0 fully saturated rings. The molecule has 4 N–H and O–H groups in total. The Bertz CT molecular complexity index is 148.